The Kier molecular flexibility index (Phi) is 9.36. The molecule has 294 valence electrons. The fourth-order valence-corrected chi connectivity index (χ4v) is 10.7. The summed E-state index contributed by atoms with van der Waals surface area (Å²) in [5.74, 6) is 0. The fraction of sp³-hybridized carbons (Fsp3) is 0. The molecule has 0 atom stereocenters. The first kappa shape index (κ1) is 43.0. The van der Waals surface area contributed by atoms with Crippen LogP contribution in [0.4, 0.5) is 0 Å². The largest absolute Gasteiger partial charge is 0.457 e. The van der Waals surface area contributed by atoms with Gasteiger partial charge in [0.2, 0.25) is 0 Å². The molecule has 4 heterocycles. The van der Waals surface area contributed by atoms with Crippen LogP contribution in [0.3, 0.4) is 0 Å². The molecule has 0 unspecified atom stereocenters. The first-order valence-electron chi connectivity index (χ1n) is 22.2. The monoisotopic (exact) mass is 860 g/mol. The predicted molar refractivity (Wildman–Crippen MR) is 305 cm³/mol. The Morgan fingerprint density at radius 3 is 1.59 bits per heavy atom. The Labute approximate surface area is 417 Å². The standard InChI is InChI=1S/C54H20B12N2O2/c55-30-19-27-28-20-31(56)41(58)50(52(28)69-51(27)48(65)40(30)57)68-34-16-14-22(21-13-15-33-26(17-21)24-9-4-5-11-32(24)67(33)23-7-2-1-3-8-23)18-29(34)36-25(10-6-12-35(36)68)37-42(59)43(60)38-39-44(61)46(63)47(64)49(66)54(39)70-53(38)45(37)62/h1-20H. The highest BCUT2D eigenvalue weighted by molar-refractivity contribution is 6.69. The minimum atomic E-state index is 0.0814. The number of fused-ring (bicyclic) bond motifs is 12. The number of hydrogen-bond donors (Lipinski definition) is 0. The quantitative estimate of drug-likeness (QED) is 0.243. The third-order valence-electron chi connectivity index (χ3n) is 14.1. The third kappa shape index (κ3) is 5.71. The van der Waals surface area contributed by atoms with E-state index >= 15 is 0 Å². The summed E-state index contributed by atoms with van der Waals surface area (Å²) in [5, 5.41) is 5.77. The Morgan fingerprint density at radius 2 is 0.857 bits per heavy atom. The summed E-state index contributed by atoms with van der Waals surface area (Å²) in [6.45, 7) is 0. The number of aromatic nitrogens is 2. The van der Waals surface area contributed by atoms with E-state index in [-0.39, 0.29) is 65.8 Å². The molecule has 4 nitrogen and oxygen atoms in total. The molecule has 0 fully saturated rings. The lowest BCUT2D eigenvalue weighted by atomic mass is 9.64. The van der Waals surface area contributed by atoms with Crippen molar-refractivity contribution < 1.29 is 8.83 Å². The van der Waals surface area contributed by atoms with E-state index < -0.39 is 0 Å². The molecule has 0 spiro atoms. The Morgan fingerprint density at radius 1 is 0.314 bits per heavy atom. The molecule has 0 aliphatic carbocycles. The van der Waals surface area contributed by atoms with Crippen LogP contribution in [-0.2, 0) is 0 Å². The molecule has 0 bridgehead atoms. The number of hydrogen-bond acceptors (Lipinski definition) is 2. The molecule has 0 saturated heterocycles. The second kappa shape index (κ2) is 15.2. The van der Waals surface area contributed by atoms with Gasteiger partial charge in [0.05, 0.1) is 27.8 Å². The molecule has 0 amide bonds. The Balaban J connectivity index is 1.14. The van der Waals surface area contributed by atoms with Crippen molar-refractivity contribution >= 4 is 247 Å². The summed E-state index contributed by atoms with van der Waals surface area (Å²) in [6.07, 6.45) is 0. The molecular weight excluding hydrogens is 838 g/mol. The smallest absolute Gasteiger partial charge is 0.158 e. The van der Waals surface area contributed by atoms with Gasteiger partial charge in [0.15, 0.2) is 5.58 Å². The highest BCUT2D eigenvalue weighted by Crippen LogP contribution is 2.43. The van der Waals surface area contributed by atoms with Gasteiger partial charge < -0.3 is 18.0 Å². The van der Waals surface area contributed by atoms with E-state index in [1.165, 1.54) is 0 Å². The van der Waals surface area contributed by atoms with Crippen LogP contribution in [0, 0.1) is 0 Å². The van der Waals surface area contributed by atoms with Crippen molar-refractivity contribution in [1.82, 2.24) is 9.13 Å². The van der Waals surface area contributed by atoms with Crippen molar-refractivity contribution in [3.8, 4) is 33.6 Å². The summed E-state index contributed by atoms with van der Waals surface area (Å²) < 4.78 is 17.4. The molecule has 0 saturated carbocycles. The van der Waals surface area contributed by atoms with Crippen LogP contribution >= 0.6 is 0 Å². The molecule has 0 aliphatic rings. The zero-order valence-electron chi connectivity index (χ0n) is 37.2. The minimum absolute atomic E-state index is 0.0814. The number of nitrogens with zero attached hydrogens (tertiary/aromatic N) is 2. The summed E-state index contributed by atoms with van der Waals surface area (Å²) in [5.41, 5.74) is 11.5. The van der Waals surface area contributed by atoms with E-state index in [2.05, 4.69) is 77.4 Å². The van der Waals surface area contributed by atoms with Crippen LogP contribution < -0.4 is 65.6 Å². The van der Waals surface area contributed by atoms with E-state index in [4.69, 9.17) is 103 Å². The molecule has 4 aromatic heterocycles. The van der Waals surface area contributed by atoms with Gasteiger partial charge in [-0.3, -0.25) is 0 Å². The zero-order chi connectivity index (χ0) is 48.3. The second-order valence-electron chi connectivity index (χ2n) is 17.8. The lowest BCUT2D eigenvalue weighted by molar-refractivity contribution is 0.669. The van der Waals surface area contributed by atoms with Crippen molar-refractivity contribution in [3.05, 3.63) is 121 Å². The van der Waals surface area contributed by atoms with Gasteiger partial charge in [-0.1, -0.05) is 106 Å². The first-order valence-corrected chi connectivity index (χ1v) is 22.2. The lowest BCUT2D eigenvalue weighted by Gasteiger charge is -2.18. The zero-order valence-corrected chi connectivity index (χ0v) is 37.2. The van der Waals surface area contributed by atoms with Crippen molar-refractivity contribution in [1.29, 1.82) is 0 Å². The topological polar surface area (TPSA) is 36.1 Å². The van der Waals surface area contributed by atoms with Gasteiger partial charge in [-0.15, -0.1) is 27.3 Å². The summed E-state index contributed by atoms with van der Waals surface area (Å²) >= 11 is 0. The lowest BCUT2D eigenvalue weighted by Crippen LogP contribution is -2.47. The number of rotatable bonds is 4. The molecule has 13 aromatic rings. The van der Waals surface area contributed by atoms with Gasteiger partial charge in [-0.05, 0) is 76.2 Å². The predicted octanol–water partition coefficient (Wildman–Crippen LogP) is 0.539. The Bertz CT molecular complexity index is 4510. The van der Waals surface area contributed by atoms with Gasteiger partial charge >= 0.3 is 0 Å². The van der Waals surface area contributed by atoms with E-state index in [1.54, 1.807) is 12.1 Å². The van der Waals surface area contributed by atoms with E-state index in [0.29, 0.717) is 66.0 Å². The molecular formula is C54H20B12N2O2. The number of benzene rings is 9. The summed E-state index contributed by atoms with van der Waals surface area (Å²) in [7, 11) is 80.1. The van der Waals surface area contributed by atoms with E-state index in [9.17, 15) is 0 Å². The van der Waals surface area contributed by atoms with E-state index in [0.717, 1.165) is 54.9 Å². The highest BCUT2D eigenvalue weighted by Gasteiger charge is 2.27. The van der Waals surface area contributed by atoms with Crippen LogP contribution in [0.15, 0.2) is 130 Å². The summed E-state index contributed by atoms with van der Waals surface area (Å²) in [4.78, 5) is 0. The maximum absolute atomic E-state index is 7.21. The molecule has 0 aliphatic heterocycles. The summed E-state index contributed by atoms with van der Waals surface area (Å²) in [6, 6.07) is 40.9. The van der Waals surface area contributed by atoms with Crippen molar-refractivity contribution in [2.24, 2.45) is 0 Å². The van der Waals surface area contributed by atoms with Crippen molar-refractivity contribution in [3.63, 3.8) is 0 Å². The minimum Gasteiger partial charge on any atom is -0.457 e. The first-order chi connectivity index (χ1) is 33.7. The normalized spacial score (nSPS) is 12.1. The van der Waals surface area contributed by atoms with Gasteiger partial charge in [0.25, 0.3) is 0 Å². The van der Waals surface area contributed by atoms with Gasteiger partial charge in [-0.25, -0.2) is 0 Å². The SMILES string of the molecule is [B]c1cc2c(oc3c(-n4c5ccc(-c6ccc7c(c6)c6ccccc6n7-c6ccccc6)cc5c5c(-c6c([B])c([B])c7c(oc8c([B])c([B])c([B])c([B])c87)c6[B])cccc54)c([B])c([B])cc32)c([B])c1[B]. The van der Waals surface area contributed by atoms with Crippen molar-refractivity contribution in [2.45, 2.75) is 0 Å². The maximum Gasteiger partial charge on any atom is 0.158 e. The van der Waals surface area contributed by atoms with Gasteiger partial charge in [0.1, 0.15) is 111 Å². The number of furan rings is 2. The average molecular weight is 859 g/mol. The average Bonchev–Trinajstić information content (AvgIpc) is 4.13. The Hall–Kier alpha value is -7.04. The fourth-order valence-electron chi connectivity index (χ4n) is 10.7. The van der Waals surface area contributed by atoms with E-state index in [1.807, 2.05) is 41.0 Å². The van der Waals surface area contributed by atoms with Crippen LogP contribution in [0.2, 0.25) is 0 Å². The highest BCUT2D eigenvalue weighted by atomic mass is 16.3. The third-order valence-corrected chi connectivity index (χ3v) is 14.1. The molecule has 70 heavy (non-hydrogen) atoms. The molecule has 9 aromatic carbocycles. The van der Waals surface area contributed by atoms with Crippen LogP contribution in [0.5, 0.6) is 0 Å². The number of para-hydroxylation sites is 2. The van der Waals surface area contributed by atoms with Crippen LogP contribution in [0.25, 0.3) is 121 Å². The molecule has 13 rings (SSSR count). The molecule has 16 heteroatoms. The van der Waals surface area contributed by atoms with Crippen molar-refractivity contribution in [2.75, 3.05) is 0 Å². The second-order valence-corrected chi connectivity index (χ2v) is 17.8. The maximum atomic E-state index is 7.21. The van der Waals surface area contributed by atoms with Gasteiger partial charge in [-0.2, -0.15) is 0 Å². The van der Waals surface area contributed by atoms with Crippen LogP contribution in [0.1, 0.15) is 0 Å². The van der Waals surface area contributed by atoms with Gasteiger partial charge in [0, 0.05) is 48.8 Å². The molecule has 0 N–H and O–H groups in total. The molecule has 24 radical (unpaired) electrons. The van der Waals surface area contributed by atoms with Crippen LogP contribution in [-0.4, -0.2) is 103 Å².